The highest BCUT2D eigenvalue weighted by Gasteiger charge is 2.56. The predicted molar refractivity (Wildman–Crippen MR) is 177 cm³/mol. The molecule has 3 aromatic carbocycles. The second-order valence-corrected chi connectivity index (χ2v) is 19.7. The van der Waals surface area contributed by atoms with Crippen LogP contribution in [0, 0.1) is 17.7 Å². The van der Waals surface area contributed by atoms with E-state index in [4.69, 9.17) is 32.7 Å². The van der Waals surface area contributed by atoms with Gasteiger partial charge in [-0.1, -0.05) is 67.1 Å². The van der Waals surface area contributed by atoms with Gasteiger partial charge in [0.1, 0.15) is 5.82 Å². The second-order valence-electron chi connectivity index (χ2n) is 13.2. The Balaban J connectivity index is 1.66. The van der Waals surface area contributed by atoms with Crippen molar-refractivity contribution in [2.45, 2.75) is 57.2 Å². The highest BCUT2D eigenvalue weighted by molar-refractivity contribution is 6.76. The molecule has 3 atom stereocenters. The van der Waals surface area contributed by atoms with Crippen LogP contribution in [-0.2, 0) is 20.0 Å². The number of aliphatic hydroxyl groups is 1. The van der Waals surface area contributed by atoms with Crippen molar-refractivity contribution in [3.05, 3.63) is 104 Å². The van der Waals surface area contributed by atoms with Gasteiger partial charge in [0.15, 0.2) is 11.5 Å². The van der Waals surface area contributed by atoms with Gasteiger partial charge in [-0.3, -0.25) is 19.3 Å². The van der Waals surface area contributed by atoms with Crippen molar-refractivity contribution in [3.63, 3.8) is 0 Å². The Morgan fingerprint density at radius 1 is 1.04 bits per heavy atom. The van der Waals surface area contributed by atoms with E-state index in [1.165, 1.54) is 30.3 Å². The van der Waals surface area contributed by atoms with Crippen LogP contribution in [0.15, 0.2) is 60.7 Å². The van der Waals surface area contributed by atoms with Crippen LogP contribution in [-0.4, -0.2) is 55.6 Å². The predicted octanol–water partition coefficient (Wildman–Crippen LogP) is 7.65. The topological polar surface area (TPSA) is 93.1 Å². The highest BCUT2D eigenvalue weighted by Crippen LogP contribution is 2.50. The number of Topliss-reactive ketones (excluding diaryl/α,β-unsaturated/α-hetero) is 1. The van der Waals surface area contributed by atoms with E-state index in [-0.39, 0.29) is 40.6 Å². The Hall–Kier alpha value is -3.08. The number of carbonyl (C=O) groups is 3. The molecule has 7 nitrogen and oxygen atoms in total. The molecule has 46 heavy (non-hydrogen) atoms. The fourth-order valence-corrected chi connectivity index (χ4v) is 7.16. The van der Waals surface area contributed by atoms with Gasteiger partial charge in [-0.05, 0) is 67.8 Å². The van der Waals surface area contributed by atoms with Crippen LogP contribution in [0.3, 0.4) is 0 Å². The molecule has 0 bridgehead atoms. The Bertz CT molecular complexity index is 1620. The number of halogens is 3. The molecule has 2 aliphatic rings. The number of ketones is 1. The van der Waals surface area contributed by atoms with Crippen molar-refractivity contribution in [1.82, 2.24) is 4.90 Å². The molecular weight excluding hydrogens is 648 g/mol. The zero-order valence-electron chi connectivity index (χ0n) is 26.3. The first-order valence-corrected chi connectivity index (χ1v) is 19.9. The van der Waals surface area contributed by atoms with Crippen LogP contribution in [0.2, 0.25) is 35.7 Å². The molecule has 0 spiro atoms. The van der Waals surface area contributed by atoms with Gasteiger partial charge in [-0.25, -0.2) is 4.39 Å². The number of ether oxygens (including phenoxy) is 2. The molecule has 2 aliphatic heterocycles. The number of carbonyl (C=O) groups excluding carboxylic acids is 3. The SMILES string of the molecule is C[C@H](C(=O)OCC[Si](C)(C)C)[C@@H](c1ccc(Cl)cc1)N1C(=O)c2cc(C(=O)C3CCOCC3)cc(F)c2[C@]1(O)c1ccc(Cl)cc1. The van der Waals surface area contributed by atoms with E-state index in [1.54, 1.807) is 31.2 Å². The summed E-state index contributed by atoms with van der Waals surface area (Å²) < 4.78 is 27.5. The summed E-state index contributed by atoms with van der Waals surface area (Å²) >= 11 is 12.4. The lowest BCUT2D eigenvalue weighted by Gasteiger charge is -2.42. The molecular formula is C35H38Cl2FNO6Si. The van der Waals surface area contributed by atoms with Gasteiger partial charge in [0.25, 0.3) is 5.91 Å². The lowest BCUT2D eigenvalue weighted by atomic mass is 9.86. The van der Waals surface area contributed by atoms with E-state index in [9.17, 15) is 19.5 Å². The van der Waals surface area contributed by atoms with Crippen molar-refractivity contribution in [3.8, 4) is 0 Å². The summed E-state index contributed by atoms with van der Waals surface area (Å²) in [5.74, 6) is -3.89. The van der Waals surface area contributed by atoms with Crippen molar-refractivity contribution in [1.29, 1.82) is 0 Å². The Labute approximate surface area is 279 Å². The first kappa shape index (κ1) is 34.3. The van der Waals surface area contributed by atoms with Gasteiger partial charge in [-0.15, -0.1) is 0 Å². The van der Waals surface area contributed by atoms with Crippen LogP contribution < -0.4 is 0 Å². The van der Waals surface area contributed by atoms with Crippen LogP contribution in [0.4, 0.5) is 4.39 Å². The molecule has 0 unspecified atom stereocenters. The maximum absolute atomic E-state index is 16.4. The number of amides is 1. The molecule has 2 heterocycles. The average molecular weight is 687 g/mol. The lowest BCUT2D eigenvalue weighted by molar-refractivity contribution is -0.153. The zero-order chi connectivity index (χ0) is 33.4. The Morgan fingerprint density at radius 3 is 2.22 bits per heavy atom. The molecule has 5 rings (SSSR count). The molecule has 1 amide bonds. The summed E-state index contributed by atoms with van der Waals surface area (Å²) in [6.07, 6.45) is 0.977. The van der Waals surface area contributed by atoms with Gasteiger partial charge in [0.2, 0.25) is 0 Å². The van der Waals surface area contributed by atoms with Crippen molar-refractivity contribution < 1.29 is 33.4 Å². The summed E-state index contributed by atoms with van der Waals surface area (Å²) in [5.41, 5.74) is -2.17. The maximum Gasteiger partial charge on any atom is 0.311 e. The summed E-state index contributed by atoms with van der Waals surface area (Å²) in [7, 11) is -1.52. The first-order valence-electron chi connectivity index (χ1n) is 15.4. The summed E-state index contributed by atoms with van der Waals surface area (Å²) in [5, 5.41) is 13.5. The number of benzene rings is 3. The van der Waals surface area contributed by atoms with Crippen molar-refractivity contribution in [2.24, 2.45) is 11.8 Å². The lowest BCUT2D eigenvalue weighted by Crippen LogP contribution is -2.50. The minimum absolute atomic E-state index is 0.0404. The van der Waals surface area contributed by atoms with Crippen molar-refractivity contribution in [2.75, 3.05) is 19.8 Å². The second kappa shape index (κ2) is 13.6. The van der Waals surface area contributed by atoms with Crippen molar-refractivity contribution >= 4 is 48.9 Å². The van der Waals surface area contributed by atoms with Gasteiger partial charge in [-0.2, -0.15) is 0 Å². The number of fused-ring (bicyclic) bond motifs is 1. The van der Waals surface area contributed by atoms with E-state index >= 15 is 4.39 Å². The largest absolute Gasteiger partial charge is 0.466 e. The third kappa shape index (κ3) is 6.80. The van der Waals surface area contributed by atoms with E-state index in [1.807, 2.05) is 0 Å². The average Bonchev–Trinajstić information content (AvgIpc) is 3.24. The monoisotopic (exact) mass is 685 g/mol. The number of hydrogen-bond acceptors (Lipinski definition) is 6. The van der Waals surface area contributed by atoms with Gasteiger partial charge >= 0.3 is 5.97 Å². The molecule has 0 aromatic heterocycles. The number of nitrogens with zero attached hydrogens (tertiary/aromatic N) is 1. The molecule has 3 aromatic rings. The zero-order valence-corrected chi connectivity index (χ0v) is 28.8. The summed E-state index contributed by atoms with van der Waals surface area (Å²) in [6.45, 7) is 9.18. The normalized spacial score (nSPS) is 19.9. The third-order valence-corrected chi connectivity index (χ3v) is 11.0. The molecule has 0 saturated carbocycles. The fraction of sp³-hybridized carbons (Fsp3) is 0.400. The number of esters is 1. The van der Waals surface area contributed by atoms with Crippen LogP contribution in [0.1, 0.15) is 63.2 Å². The Kier molecular flexibility index (Phi) is 10.1. The molecule has 0 aliphatic carbocycles. The van der Waals surface area contributed by atoms with E-state index in [2.05, 4.69) is 19.6 Å². The molecule has 1 fully saturated rings. The molecule has 1 saturated heterocycles. The molecule has 0 radical (unpaired) electrons. The van der Waals surface area contributed by atoms with Gasteiger partial charge < -0.3 is 14.6 Å². The Morgan fingerprint density at radius 2 is 1.63 bits per heavy atom. The van der Waals surface area contributed by atoms with E-state index in [0.29, 0.717) is 41.7 Å². The van der Waals surface area contributed by atoms with E-state index < -0.39 is 43.5 Å². The first-order chi connectivity index (χ1) is 21.7. The summed E-state index contributed by atoms with van der Waals surface area (Å²) in [4.78, 5) is 42.8. The smallest absolute Gasteiger partial charge is 0.311 e. The maximum atomic E-state index is 16.4. The van der Waals surface area contributed by atoms with Crippen LogP contribution >= 0.6 is 23.2 Å². The van der Waals surface area contributed by atoms with Crippen LogP contribution in [0.5, 0.6) is 0 Å². The quantitative estimate of drug-likeness (QED) is 0.134. The third-order valence-electron chi connectivity index (χ3n) is 8.79. The summed E-state index contributed by atoms with van der Waals surface area (Å²) in [6, 6.07) is 14.7. The minimum atomic E-state index is -2.38. The van der Waals surface area contributed by atoms with Gasteiger partial charge in [0, 0.05) is 48.4 Å². The molecule has 1 N–H and O–H groups in total. The standard InChI is InChI=1S/C35H38Cl2FNO6Si/c1-21(34(42)45-17-18-46(2,3)4)31(22-5-9-26(36)10-6-22)39-33(41)28-19-24(32(40)23-13-15-44-16-14-23)20-29(38)30(28)35(39,43)25-7-11-27(37)12-8-25/h5-12,19-21,23,31,43H,13-18H2,1-4H3/t21-,31-,35+/m0/s1. The number of hydrogen-bond donors (Lipinski definition) is 1. The van der Waals surface area contributed by atoms with Crippen LogP contribution in [0.25, 0.3) is 0 Å². The highest BCUT2D eigenvalue weighted by atomic mass is 35.5. The molecule has 11 heteroatoms. The number of rotatable bonds is 10. The van der Waals surface area contributed by atoms with Gasteiger partial charge in [0.05, 0.1) is 29.7 Å². The minimum Gasteiger partial charge on any atom is -0.466 e. The fourth-order valence-electron chi connectivity index (χ4n) is 6.20. The molecule has 244 valence electrons. The van der Waals surface area contributed by atoms with E-state index in [0.717, 1.165) is 17.0 Å².